The summed E-state index contributed by atoms with van der Waals surface area (Å²) in [7, 11) is 0. The van der Waals surface area contributed by atoms with Gasteiger partial charge in [0.2, 0.25) is 0 Å². The van der Waals surface area contributed by atoms with E-state index in [-0.39, 0.29) is 40.7 Å². The van der Waals surface area contributed by atoms with E-state index in [9.17, 15) is 0 Å². The molecule has 0 radical (unpaired) electrons. The van der Waals surface area contributed by atoms with Crippen molar-refractivity contribution in [1.29, 1.82) is 0 Å². The number of aryl methyl sites for hydroxylation is 3. The molecule has 1 heteroatoms. The smallest absolute Gasteiger partial charge is 0 e. The minimum absolute atomic E-state index is 0. The zero-order chi connectivity index (χ0) is 11.5. The molecule has 0 bridgehead atoms. The minimum atomic E-state index is 0. The maximum absolute atomic E-state index is 2.35. The normalized spacial score (nSPS) is 9.42. The molecule has 106 valence electrons. The van der Waals surface area contributed by atoms with Gasteiger partial charge in [-0.1, -0.05) is 43.7 Å². The molecule has 0 heterocycles. The first-order chi connectivity index (χ1) is 7.72. The predicted molar refractivity (Wildman–Crippen MR) is 85.1 cm³/mol. The number of rotatable bonds is 4. The van der Waals surface area contributed by atoms with Crippen molar-refractivity contribution >= 4 is 10.8 Å². The van der Waals surface area contributed by atoms with Gasteiger partial charge in [0.25, 0.3) is 0 Å². The van der Waals surface area contributed by atoms with Crippen molar-refractivity contribution in [2.75, 3.05) is 0 Å². The molecule has 0 amide bonds. The second kappa shape index (κ2) is 9.58. The maximum atomic E-state index is 2.35. The second-order valence-electron chi connectivity index (χ2n) is 4.84. The van der Waals surface area contributed by atoms with Crippen molar-refractivity contribution in [3.63, 3.8) is 0 Å². The van der Waals surface area contributed by atoms with Crippen molar-refractivity contribution in [2.24, 2.45) is 0 Å². The summed E-state index contributed by atoms with van der Waals surface area (Å²) in [6.45, 7) is 6.66. The van der Waals surface area contributed by atoms with E-state index in [2.05, 4.69) is 45.0 Å². The van der Waals surface area contributed by atoms with Crippen LogP contribution in [0.15, 0.2) is 24.3 Å². The van der Waals surface area contributed by atoms with Crippen LogP contribution in [0.25, 0.3) is 10.8 Å². The summed E-state index contributed by atoms with van der Waals surface area (Å²) in [6.07, 6.45) is 5.21. The van der Waals surface area contributed by atoms with Crippen molar-refractivity contribution in [1.82, 2.24) is 0 Å². The van der Waals surface area contributed by atoms with Crippen LogP contribution in [0.4, 0.5) is 0 Å². The van der Waals surface area contributed by atoms with Gasteiger partial charge in [-0.3, -0.25) is 0 Å². The van der Waals surface area contributed by atoms with Crippen LogP contribution in [0.2, 0.25) is 0 Å². The van der Waals surface area contributed by atoms with E-state index < -0.39 is 0 Å². The molecular weight excluding hydrogens is 395 g/mol. The number of unbranched alkanes of at least 4 members (excludes halogenated alkanes) is 2. The summed E-state index contributed by atoms with van der Waals surface area (Å²) in [6, 6.07) is 9.24. The Labute approximate surface area is 138 Å². The molecule has 0 aromatic heterocycles. The van der Waals surface area contributed by atoms with E-state index in [1.807, 2.05) is 0 Å². The molecule has 2 rings (SSSR count). The third-order valence-electron chi connectivity index (χ3n) is 3.53. The van der Waals surface area contributed by atoms with Gasteiger partial charge in [-0.15, -0.1) is 34.5 Å². The van der Waals surface area contributed by atoms with E-state index in [0.29, 0.717) is 0 Å². The molecule has 0 saturated heterocycles. The van der Waals surface area contributed by atoms with Crippen molar-refractivity contribution in [3.05, 3.63) is 55.8 Å². The minimum Gasteiger partial charge on any atom is -0.358 e. The van der Waals surface area contributed by atoms with Gasteiger partial charge in [0.05, 0.1) is 0 Å². The topological polar surface area (TPSA) is 0 Å². The van der Waals surface area contributed by atoms with E-state index in [4.69, 9.17) is 0 Å². The number of hydrogen-bond acceptors (Lipinski definition) is 0. The third-order valence-corrected chi connectivity index (χ3v) is 3.53. The average molecular weight is 422 g/mol. The molecular formula is C18H27Hf-3. The predicted octanol–water partition coefficient (Wildman–Crippen LogP) is 5.81. The van der Waals surface area contributed by atoms with Gasteiger partial charge in [0, 0.05) is 25.8 Å². The Balaban J connectivity index is 0. The van der Waals surface area contributed by atoms with Crippen LogP contribution in [-0.4, -0.2) is 0 Å². The van der Waals surface area contributed by atoms with Gasteiger partial charge in [-0.25, -0.2) is 0 Å². The summed E-state index contributed by atoms with van der Waals surface area (Å²) < 4.78 is 0. The van der Waals surface area contributed by atoms with Crippen LogP contribution in [-0.2, 0) is 32.3 Å². The molecule has 0 fully saturated rings. The molecule has 2 aromatic rings. The molecule has 0 unspecified atom stereocenters. The molecule has 0 atom stereocenters. The fourth-order valence-electron chi connectivity index (χ4n) is 2.32. The summed E-state index contributed by atoms with van der Waals surface area (Å²) in [4.78, 5) is 0. The van der Waals surface area contributed by atoms with Crippen LogP contribution >= 0.6 is 0 Å². The molecule has 0 aliphatic heterocycles. The van der Waals surface area contributed by atoms with Crippen LogP contribution in [0, 0.1) is 28.7 Å². The summed E-state index contributed by atoms with van der Waals surface area (Å²) in [5.74, 6) is 0. The fourth-order valence-corrected chi connectivity index (χ4v) is 2.32. The molecule has 0 aliphatic rings. The Bertz CT molecular complexity index is 480. The molecule has 2 aromatic carbocycles. The second-order valence-corrected chi connectivity index (χ2v) is 4.84. The van der Waals surface area contributed by atoms with Crippen molar-refractivity contribution in [2.45, 2.75) is 46.5 Å². The van der Waals surface area contributed by atoms with E-state index in [1.165, 1.54) is 53.1 Å². The maximum Gasteiger partial charge on any atom is 0 e. The molecule has 0 spiro atoms. The number of hydrogen-bond donors (Lipinski definition) is 0. The zero-order valence-electron chi connectivity index (χ0n) is 13.1. The van der Waals surface area contributed by atoms with Gasteiger partial charge in [0.1, 0.15) is 0 Å². The standard InChI is InChI=1S/C16H21.2CH3.Hf/c1-4-5-6-7-14-8-9-15-10-12(2)13(3)11-16(14)15;;;/h8-11H,4-7H2,1-3H3;2*1H3;/q3*-1;. The van der Waals surface area contributed by atoms with E-state index in [0.717, 1.165) is 0 Å². The van der Waals surface area contributed by atoms with Crippen LogP contribution in [0.5, 0.6) is 0 Å². The Hall–Kier alpha value is -0.300. The van der Waals surface area contributed by atoms with Crippen LogP contribution in [0.3, 0.4) is 0 Å². The first-order valence-electron chi connectivity index (χ1n) is 6.38. The Kier molecular flexibility index (Phi) is 10.6. The first kappa shape index (κ1) is 21.0. The van der Waals surface area contributed by atoms with Gasteiger partial charge in [-0.2, -0.15) is 6.07 Å². The van der Waals surface area contributed by atoms with Gasteiger partial charge in [-0.05, 0) is 13.8 Å². The largest absolute Gasteiger partial charge is 0.358 e. The van der Waals surface area contributed by atoms with Crippen molar-refractivity contribution < 1.29 is 25.8 Å². The molecule has 19 heavy (non-hydrogen) atoms. The zero-order valence-corrected chi connectivity index (χ0v) is 16.7. The molecule has 0 saturated carbocycles. The average Bonchev–Trinajstić information content (AvgIpc) is 2.63. The Morgan fingerprint density at radius 2 is 1.63 bits per heavy atom. The van der Waals surface area contributed by atoms with Gasteiger partial charge in [0.15, 0.2) is 0 Å². The number of benzene rings is 1. The first-order valence-corrected chi connectivity index (χ1v) is 6.38. The molecule has 0 nitrogen and oxygen atoms in total. The SMILES string of the molecule is CCCCC[c-]1ccc2cc(C)c(C)cc21.[CH3-].[CH3-].[Hf]. The van der Waals surface area contributed by atoms with E-state index >= 15 is 0 Å². The van der Waals surface area contributed by atoms with Crippen LogP contribution < -0.4 is 0 Å². The van der Waals surface area contributed by atoms with Gasteiger partial charge >= 0.3 is 0 Å². The fraction of sp³-hybridized carbons (Fsp3) is 0.389. The molecule has 0 aliphatic carbocycles. The summed E-state index contributed by atoms with van der Waals surface area (Å²) >= 11 is 0. The molecule has 0 N–H and O–H groups in total. The van der Waals surface area contributed by atoms with Gasteiger partial charge < -0.3 is 14.9 Å². The van der Waals surface area contributed by atoms with Crippen molar-refractivity contribution in [3.8, 4) is 0 Å². The summed E-state index contributed by atoms with van der Waals surface area (Å²) in [5.41, 5.74) is 4.35. The number of fused-ring (bicyclic) bond motifs is 1. The Morgan fingerprint density at radius 3 is 2.26 bits per heavy atom. The Morgan fingerprint density at radius 1 is 1.00 bits per heavy atom. The van der Waals surface area contributed by atoms with Crippen LogP contribution in [0.1, 0.15) is 42.9 Å². The van der Waals surface area contributed by atoms with E-state index in [1.54, 1.807) is 0 Å². The summed E-state index contributed by atoms with van der Waals surface area (Å²) in [5, 5.41) is 2.88. The third kappa shape index (κ3) is 4.95. The quantitative estimate of drug-likeness (QED) is 0.332. The monoisotopic (exact) mass is 423 g/mol.